The lowest BCUT2D eigenvalue weighted by Gasteiger charge is -2.33. The number of hydrogen-bond donors (Lipinski definition) is 2. The van der Waals surface area contributed by atoms with E-state index in [-0.39, 0.29) is 5.56 Å². The first-order valence-electron chi connectivity index (χ1n) is 9.58. The van der Waals surface area contributed by atoms with Gasteiger partial charge in [0.2, 0.25) is 0 Å². The van der Waals surface area contributed by atoms with Gasteiger partial charge in [-0.25, -0.2) is 4.98 Å². The molecule has 1 aromatic heterocycles. The van der Waals surface area contributed by atoms with Gasteiger partial charge in [-0.15, -0.1) is 0 Å². The number of thioether (sulfide) groups is 1. The van der Waals surface area contributed by atoms with Crippen LogP contribution in [0.4, 0.5) is 5.82 Å². The molecule has 2 heterocycles. The molecular formula is C23H20ClN3O3S. The Balaban J connectivity index is 1.75. The molecule has 0 spiro atoms. The van der Waals surface area contributed by atoms with Crippen LogP contribution in [0.15, 0.2) is 76.8 Å². The number of carbonyl (C=O) groups excluding carboxylic acids is 1. The monoisotopic (exact) mass is 453 g/mol. The van der Waals surface area contributed by atoms with Gasteiger partial charge in [-0.2, -0.15) is 0 Å². The van der Waals surface area contributed by atoms with E-state index in [1.165, 1.54) is 18.9 Å². The van der Waals surface area contributed by atoms with Crippen molar-refractivity contribution in [1.29, 1.82) is 0 Å². The predicted octanol–water partition coefficient (Wildman–Crippen LogP) is 4.58. The molecule has 0 saturated heterocycles. The highest BCUT2D eigenvalue weighted by molar-refractivity contribution is 7.98. The standard InChI is InChI=1S/C23H20ClN3O3S/c1-13-17(22(29)30-2)18(15-8-10-16(24)11-9-15)19-20(25-13)26-23(27-21(19)28)31-12-14-6-4-3-5-7-14/h3-11,17-18H,1,12H2,2H3,(H2,25,26,27,28). The molecule has 0 amide bonds. The average Bonchev–Trinajstić information content (AvgIpc) is 2.77. The number of rotatable bonds is 5. The first kappa shape index (κ1) is 21.2. The number of nitrogens with zero attached hydrogens (tertiary/aromatic N) is 1. The quantitative estimate of drug-likeness (QED) is 0.334. The fourth-order valence-electron chi connectivity index (χ4n) is 3.67. The molecule has 0 fully saturated rings. The molecule has 6 nitrogen and oxygen atoms in total. The molecule has 158 valence electrons. The molecule has 2 unspecified atom stereocenters. The summed E-state index contributed by atoms with van der Waals surface area (Å²) in [6.07, 6.45) is 0. The van der Waals surface area contributed by atoms with Crippen molar-refractivity contribution < 1.29 is 9.53 Å². The maximum absolute atomic E-state index is 13.2. The molecule has 31 heavy (non-hydrogen) atoms. The maximum Gasteiger partial charge on any atom is 0.315 e. The van der Waals surface area contributed by atoms with Crippen molar-refractivity contribution in [2.75, 3.05) is 12.4 Å². The van der Waals surface area contributed by atoms with Crippen LogP contribution in [-0.2, 0) is 15.3 Å². The molecule has 2 aromatic carbocycles. The molecule has 0 saturated carbocycles. The zero-order valence-electron chi connectivity index (χ0n) is 16.7. The number of aromatic nitrogens is 2. The Morgan fingerprint density at radius 3 is 2.58 bits per heavy atom. The minimum Gasteiger partial charge on any atom is -0.468 e. The first-order valence-corrected chi connectivity index (χ1v) is 10.9. The number of aromatic amines is 1. The van der Waals surface area contributed by atoms with Crippen molar-refractivity contribution >= 4 is 35.1 Å². The van der Waals surface area contributed by atoms with E-state index >= 15 is 0 Å². The summed E-state index contributed by atoms with van der Waals surface area (Å²) < 4.78 is 5.00. The highest BCUT2D eigenvalue weighted by Crippen LogP contribution is 2.42. The van der Waals surface area contributed by atoms with Crippen molar-refractivity contribution in [2.24, 2.45) is 5.92 Å². The van der Waals surface area contributed by atoms with Crippen molar-refractivity contribution in [3.63, 3.8) is 0 Å². The number of esters is 1. The second-order valence-electron chi connectivity index (χ2n) is 7.09. The Hall–Kier alpha value is -3.03. The van der Waals surface area contributed by atoms with Crippen molar-refractivity contribution in [3.8, 4) is 0 Å². The summed E-state index contributed by atoms with van der Waals surface area (Å²) in [6.45, 7) is 4.01. The van der Waals surface area contributed by atoms with Gasteiger partial charge in [0.05, 0.1) is 12.7 Å². The zero-order valence-corrected chi connectivity index (χ0v) is 18.3. The number of H-pyrrole nitrogens is 1. The molecule has 2 N–H and O–H groups in total. The van der Waals surface area contributed by atoms with Gasteiger partial charge in [-0.05, 0) is 23.3 Å². The molecule has 1 aliphatic rings. The number of fused-ring (bicyclic) bond motifs is 1. The van der Waals surface area contributed by atoms with Gasteiger partial charge in [-0.1, -0.05) is 72.4 Å². The van der Waals surface area contributed by atoms with Gasteiger partial charge in [0.25, 0.3) is 5.56 Å². The minimum absolute atomic E-state index is 0.311. The molecule has 0 radical (unpaired) electrons. The number of methoxy groups -OCH3 is 1. The van der Waals surface area contributed by atoms with Crippen LogP contribution in [0.1, 0.15) is 22.6 Å². The van der Waals surface area contributed by atoms with E-state index in [0.717, 1.165) is 11.1 Å². The van der Waals surface area contributed by atoms with E-state index in [1.54, 1.807) is 24.3 Å². The van der Waals surface area contributed by atoms with E-state index in [2.05, 4.69) is 21.9 Å². The summed E-state index contributed by atoms with van der Waals surface area (Å²) in [5.41, 5.74) is 2.36. The van der Waals surface area contributed by atoms with Crippen LogP contribution in [-0.4, -0.2) is 23.0 Å². The van der Waals surface area contributed by atoms with Crippen molar-refractivity contribution in [2.45, 2.75) is 16.8 Å². The molecule has 3 aromatic rings. The van der Waals surface area contributed by atoms with Gasteiger partial charge >= 0.3 is 5.97 Å². The summed E-state index contributed by atoms with van der Waals surface area (Å²) >= 11 is 7.47. The van der Waals surface area contributed by atoms with Crippen LogP contribution >= 0.6 is 23.4 Å². The van der Waals surface area contributed by atoms with Gasteiger partial charge in [0.15, 0.2) is 5.16 Å². The number of carbonyl (C=O) groups is 1. The third-order valence-electron chi connectivity index (χ3n) is 5.13. The zero-order chi connectivity index (χ0) is 22.0. The number of benzene rings is 2. The molecule has 8 heteroatoms. The lowest BCUT2D eigenvalue weighted by Crippen LogP contribution is -2.37. The van der Waals surface area contributed by atoms with Crippen molar-refractivity contribution in [1.82, 2.24) is 9.97 Å². The lowest BCUT2D eigenvalue weighted by atomic mass is 9.77. The lowest BCUT2D eigenvalue weighted by molar-refractivity contribution is -0.144. The summed E-state index contributed by atoms with van der Waals surface area (Å²) in [6, 6.07) is 17.0. The Bertz CT molecular complexity index is 1180. The van der Waals surface area contributed by atoms with E-state index in [1.807, 2.05) is 30.3 Å². The Labute approximate surface area is 188 Å². The second kappa shape index (κ2) is 8.99. The first-order chi connectivity index (χ1) is 15.0. The fraction of sp³-hybridized carbons (Fsp3) is 0.174. The molecule has 0 bridgehead atoms. The largest absolute Gasteiger partial charge is 0.468 e. The number of hydrogen-bond acceptors (Lipinski definition) is 6. The van der Waals surface area contributed by atoms with E-state index in [4.69, 9.17) is 16.3 Å². The Kier molecular flexibility index (Phi) is 6.15. The second-order valence-corrected chi connectivity index (χ2v) is 8.49. The smallest absolute Gasteiger partial charge is 0.315 e. The maximum atomic E-state index is 13.2. The van der Waals surface area contributed by atoms with E-state index in [9.17, 15) is 9.59 Å². The summed E-state index contributed by atoms with van der Waals surface area (Å²) in [7, 11) is 1.32. The molecule has 2 atom stereocenters. The average molecular weight is 454 g/mol. The minimum atomic E-state index is -0.774. The van der Waals surface area contributed by atoms with E-state index < -0.39 is 17.8 Å². The highest BCUT2D eigenvalue weighted by Gasteiger charge is 2.41. The summed E-state index contributed by atoms with van der Waals surface area (Å²) in [4.78, 5) is 33.2. The Morgan fingerprint density at radius 2 is 1.90 bits per heavy atom. The molecule has 1 aliphatic heterocycles. The number of anilines is 1. The molecule has 4 rings (SSSR count). The number of nitrogens with one attached hydrogen (secondary N) is 2. The molecular weight excluding hydrogens is 434 g/mol. The fourth-order valence-corrected chi connectivity index (χ4v) is 4.61. The van der Waals surface area contributed by atoms with Gasteiger partial charge in [-0.3, -0.25) is 9.59 Å². The van der Waals surface area contributed by atoms with Gasteiger partial charge < -0.3 is 15.0 Å². The third kappa shape index (κ3) is 4.38. The van der Waals surface area contributed by atoms with Gasteiger partial charge in [0.1, 0.15) is 11.7 Å². The van der Waals surface area contributed by atoms with E-state index in [0.29, 0.717) is 33.0 Å². The normalized spacial score (nSPS) is 17.5. The van der Waals surface area contributed by atoms with Crippen LogP contribution in [0.3, 0.4) is 0 Å². The Morgan fingerprint density at radius 1 is 1.19 bits per heavy atom. The predicted molar refractivity (Wildman–Crippen MR) is 122 cm³/mol. The number of halogens is 1. The summed E-state index contributed by atoms with van der Waals surface area (Å²) in [5.74, 6) is -0.800. The summed E-state index contributed by atoms with van der Waals surface area (Å²) in [5, 5.41) is 4.10. The van der Waals surface area contributed by atoms with Crippen LogP contribution in [0.25, 0.3) is 0 Å². The van der Waals surface area contributed by atoms with Crippen LogP contribution < -0.4 is 10.9 Å². The van der Waals surface area contributed by atoms with Crippen molar-refractivity contribution in [3.05, 3.63) is 98.9 Å². The number of ether oxygens (including phenoxy) is 1. The topological polar surface area (TPSA) is 84.1 Å². The SMILES string of the molecule is C=C1Nc2nc(SCc3ccccc3)[nH]c(=O)c2C(c2ccc(Cl)cc2)C1C(=O)OC. The highest BCUT2D eigenvalue weighted by atomic mass is 35.5. The van der Waals surface area contributed by atoms with Crippen LogP contribution in [0.2, 0.25) is 5.02 Å². The van der Waals surface area contributed by atoms with Crippen LogP contribution in [0, 0.1) is 5.92 Å². The molecule has 0 aliphatic carbocycles. The van der Waals surface area contributed by atoms with Crippen LogP contribution in [0.5, 0.6) is 0 Å². The third-order valence-corrected chi connectivity index (χ3v) is 6.33. The van der Waals surface area contributed by atoms with Gasteiger partial charge in [0, 0.05) is 22.4 Å².